The van der Waals surface area contributed by atoms with Crippen LogP contribution in [-0.4, -0.2) is 21.1 Å². The molecule has 6 nitrogen and oxygen atoms in total. The van der Waals surface area contributed by atoms with E-state index in [4.69, 9.17) is 11.2 Å². The molecule has 0 amide bonds. The maximum absolute atomic E-state index is 12.4. The van der Waals surface area contributed by atoms with Gasteiger partial charge in [-0.1, -0.05) is 18.1 Å². The molecule has 0 spiro atoms. The van der Waals surface area contributed by atoms with E-state index in [2.05, 4.69) is 21.2 Å². The minimum absolute atomic E-state index is 0.203. The number of anilines is 2. The SMILES string of the molecule is C#Cc1cc(=O)n2c3nc(ncc13)Nc1cccc(c1)OC/C=C\C2. The molecule has 4 rings (SSSR count). The summed E-state index contributed by atoms with van der Waals surface area (Å²) in [5, 5.41) is 3.80. The van der Waals surface area contributed by atoms with Crippen molar-refractivity contribution in [1.29, 1.82) is 0 Å². The Hall–Kier alpha value is -3.59. The third-order valence-corrected chi connectivity index (χ3v) is 3.89. The fraction of sp³-hybridized carbons (Fsp3) is 0.105. The Morgan fingerprint density at radius 2 is 2.20 bits per heavy atom. The fourth-order valence-corrected chi connectivity index (χ4v) is 2.69. The number of allylic oxidation sites excluding steroid dienone is 1. The van der Waals surface area contributed by atoms with E-state index in [1.165, 1.54) is 6.07 Å². The van der Waals surface area contributed by atoms with Gasteiger partial charge in [-0.05, 0) is 18.2 Å². The van der Waals surface area contributed by atoms with Gasteiger partial charge in [-0.2, -0.15) is 4.98 Å². The van der Waals surface area contributed by atoms with Crippen LogP contribution in [0.5, 0.6) is 5.75 Å². The van der Waals surface area contributed by atoms with E-state index >= 15 is 0 Å². The first kappa shape index (κ1) is 15.0. The van der Waals surface area contributed by atoms with E-state index in [0.717, 1.165) is 11.4 Å². The zero-order chi connectivity index (χ0) is 17.2. The van der Waals surface area contributed by atoms with Crippen molar-refractivity contribution in [2.45, 2.75) is 6.54 Å². The summed E-state index contributed by atoms with van der Waals surface area (Å²) in [5.74, 6) is 3.65. The number of rotatable bonds is 0. The van der Waals surface area contributed by atoms with Crippen molar-refractivity contribution in [3.63, 3.8) is 0 Å². The normalized spacial score (nSPS) is 14.4. The molecule has 0 unspecified atom stereocenters. The Kier molecular flexibility index (Phi) is 3.67. The van der Waals surface area contributed by atoms with Crippen LogP contribution in [0.2, 0.25) is 0 Å². The number of hydrogen-bond acceptors (Lipinski definition) is 5. The molecule has 2 aromatic heterocycles. The predicted molar refractivity (Wildman–Crippen MR) is 96.1 cm³/mol. The number of benzene rings is 1. The molecular formula is C19H14N4O2. The Morgan fingerprint density at radius 3 is 3.08 bits per heavy atom. The summed E-state index contributed by atoms with van der Waals surface area (Å²) in [5.41, 5.74) is 1.58. The molecule has 1 aliphatic heterocycles. The first-order chi connectivity index (χ1) is 12.2. The second kappa shape index (κ2) is 6.13. The van der Waals surface area contributed by atoms with Gasteiger partial charge in [0.15, 0.2) is 0 Å². The molecule has 1 aromatic carbocycles. The van der Waals surface area contributed by atoms with Gasteiger partial charge in [0.1, 0.15) is 18.0 Å². The molecule has 0 saturated carbocycles. The highest BCUT2D eigenvalue weighted by Gasteiger charge is 2.11. The van der Waals surface area contributed by atoms with Crippen molar-refractivity contribution in [2.24, 2.45) is 0 Å². The first-order valence-corrected chi connectivity index (χ1v) is 7.77. The van der Waals surface area contributed by atoms with Crippen molar-refractivity contribution in [2.75, 3.05) is 11.9 Å². The topological polar surface area (TPSA) is 69.0 Å². The molecule has 1 N–H and O–H groups in total. The van der Waals surface area contributed by atoms with Crippen LogP contribution in [-0.2, 0) is 6.54 Å². The van der Waals surface area contributed by atoms with E-state index in [9.17, 15) is 4.79 Å². The number of terminal acetylenes is 1. The lowest BCUT2D eigenvalue weighted by Gasteiger charge is -2.11. The summed E-state index contributed by atoms with van der Waals surface area (Å²) in [6, 6.07) is 8.95. The van der Waals surface area contributed by atoms with Gasteiger partial charge in [-0.25, -0.2) is 4.98 Å². The number of hydrogen-bond donors (Lipinski definition) is 1. The number of aromatic nitrogens is 3. The van der Waals surface area contributed by atoms with Crippen LogP contribution in [0.4, 0.5) is 11.6 Å². The molecule has 0 atom stereocenters. The molecule has 3 heterocycles. The maximum Gasteiger partial charge on any atom is 0.253 e. The van der Waals surface area contributed by atoms with Gasteiger partial charge in [-0.15, -0.1) is 6.42 Å². The Balaban J connectivity index is 1.95. The highest BCUT2D eigenvalue weighted by Crippen LogP contribution is 2.22. The molecule has 6 heteroatoms. The standard InChI is InChI=1S/C19H14N4O2/c1-2-13-10-17(24)23-8-3-4-9-25-15-7-5-6-14(11-15)21-19-20-12-16(13)18(23)22-19/h1,3-7,10-12H,8-9H2,(H,20,21,22)/b4-3-. The number of nitrogens with one attached hydrogen (secondary N) is 1. The zero-order valence-electron chi connectivity index (χ0n) is 13.3. The first-order valence-electron chi connectivity index (χ1n) is 7.77. The van der Waals surface area contributed by atoms with E-state index in [1.54, 1.807) is 10.8 Å². The van der Waals surface area contributed by atoms with Crippen molar-refractivity contribution < 1.29 is 4.74 Å². The van der Waals surface area contributed by atoms with Crippen LogP contribution < -0.4 is 15.6 Å². The lowest BCUT2D eigenvalue weighted by Crippen LogP contribution is -2.21. The van der Waals surface area contributed by atoms with Crippen LogP contribution in [0.1, 0.15) is 5.56 Å². The highest BCUT2D eigenvalue weighted by molar-refractivity contribution is 5.82. The van der Waals surface area contributed by atoms with Crippen LogP contribution in [0, 0.1) is 12.3 Å². The molecule has 1 aliphatic rings. The summed E-state index contributed by atoms with van der Waals surface area (Å²) < 4.78 is 7.24. The van der Waals surface area contributed by atoms with Gasteiger partial charge in [0.05, 0.1) is 5.39 Å². The molecule has 0 fully saturated rings. The number of pyridine rings is 1. The van der Waals surface area contributed by atoms with Gasteiger partial charge in [-0.3, -0.25) is 9.36 Å². The molecule has 122 valence electrons. The number of ether oxygens (including phenoxy) is 1. The van der Waals surface area contributed by atoms with Crippen LogP contribution in [0.25, 0.3) is 11.0 Å². The molecule has 3 aromatic rings. The lowest BCUT2D eigenvalue weighted by atomic mass is 10.2. The van der Waals surface area contributed by atoms with Crippen LogP contribution in [0.3, 0.4) is 0 Å². The van der Waals surface area contributed by atoms with Crippen LogP contribution >= 0.6 is 0 Å². The summed E-state index contributed by atoms with van der Waals surface area (Å²) in [4.78, 5) is 21.3. The summed E-state index contributed by atoms with van der Waals surface area (Å²) >= 11 is 0. The average Bonchev–Trinajstić information content (AvgIpc) is 2.63. The minimum Gasteiger partial charge on any atom is -0.489 e. The van der Waals surface area contributed by atoms with E-state index in [1.807, 2.05) is 36.4 Å². The second-order valence-corrected chi connectivity index (χ2v) is 5.52. The molecule has 0 aliphatic carbocycles. The maximum atomic E-state index is 12.4. The Labute approximate surface area is 143 Å². The van der Waals surface area contributed by atoms with Crippen molar-refractivity contribution in [3.8, 4) is 18.1 Å². The van der Waals surface area contributed by atoms with Crippen molar-refractivity contribution in [1.82, 2.24) is 14.5 Å². The minimum atomic E-state index is -0.203. The van der Waals surface area contributed by atoms with Gasteiger partial charge < -0.3 is 10.1 Å². The van der Waals surface area contributed by atoms with Crippen LogP contribution in [0.15, 0.2) is 53.5 Å². The van der Waals surface area contributed by atoms with Gasteiger partial charge in [0, 0.05) is 36.1 Å². The molecule has 25 heavy (non-hydrogen) atoms. The van der Waals surface area contributed by atoms with E-state index in [-0.39, 0.29) is 5.56 Å². The van der Waals surface area contributed by atoms with Gasteiger partial charge in [0.25, 0.3) is 5.56 Å². The number of fused-ring (bicyclic) bond motifs is 3. The Bertz CT molecular complexity index is 1090. The third-order valence-electron chi connectivity index (χ3n) is 3.89. The van der Waals surface area contributed by atoms with Crippen molar-refractivity contribution in [3.05, 3.63) is 64.6 Å². The molecular weight excluding hydrogens is 316 g/mol. The summed E-state index contributed by atoms with van der Waals surface area (Å²) in [7, 11) is 0. The quantitative estimate of drug-likeness (QED) is 0.506. The summed E-state index contributed by atoms with van der Waals surface area (Å²) in [6.07, 6.45) is 10.9. The smallest absolute Gasteiger partial charge is 0.253 e. The Morgan fingerprint density at radius 1 is 1.28 bits per heavy atom. The zero-order valence-corrected chi connectivity index (χ0v) is 13.3. The fourth-order valence-electron chi connectivity index (χ4n) is 2.69. The van der Waals surface area contributed by atoms with E-state index in [0.29, 0.717) is 35.7 Å². The predicted octanol–water partition coefficient (Wildman–Crippen LogP) is 2.46. The third kappa shape index (κ3) is 2.83. The molecule has 0 radical (unpaired) electrons. The highest BCUT2D eigenvalue weighted by atomic mass is 16.5. The lowest BCUT2D eigenvalue weighted by molar-refractivity contribution is 0.362. The monoisotopic (exact) mass is 330 g/mol. The second-order valence-electron chi connectivity index (χ2n) is 5.52. The number of nitrogens with zero attached hydrogens (tertiary/aromatic N) is 3. The van der Waals surface area contributed by atoms with Crippen molar-refractivity contribution >= 4 is 22.7 Å². The summed E-state index contributed by atoms with van der Waals surface area (Å²) in [6.45, 7) is 0.782. The van der Waals surface area contributed by atoms with Gasteiger partial charge in [0.2, 0.25) is 5.95 Å². The average molecular weight is 330 g/mol. The van der Waals surface area contributed by atoms with Gasteiger partial charge >= 0.3 is 0 Å². The van der Waals surface area contributed by atoms with E-state index < -0.39 is 0 Å². The molecule has 4 bridgehead atoms. The molecule has 0 saturated heterocycles. The largest absolute Gasteiger partial charge is 0.489 e.